The summed E-state index contributed by atoms with van der Waals surface area (Å²) < 4.78 is 6.95. The minimum absolute atomic E-state index is 0.0494. The van der Waals surface area contributed by atoms with Crippen LogP contribution in [0, 0.1) is 10.8 Å². The Hall–Kier alpha value is -1.82. The van der Waals surface area contributed by atoms with E-state index in [0.29, 0.717) is 23.0 Å². The van der Waals surface area contributed by atoms with Gasteiger partial charge in [0.1, 0.15) is 5.69 Å². The zero-order valence-electron chi connectivity index (χ0n) is 10.7. The number of halogens is 1. The summed E-state index contributed by atoms with van der Waals surface area (Å²) in [5.41, 5.74) is 1.94. The van der Waals surface area contributed by atoms with E-state index in [-0.39, 0.29) is 5.90 Å². The molecule has 7 heteroatoms. The number of fused-ring (bicyclic) bond motifs is 1. The summed E-state index contributed by atoms with van der Waals surface area (Å²) in [6, 6.07) is 1.76. The molecule has 3 N–H and O–H groups in total. The molecule has 6 nitrogen and oxygen atoms in total. The van der Waals surface area contributed by atoms with Gasteiger partial charge in [0.25, 0.3) is 0 Å². The van der Waals surface area contributed by atoms with Gasteiger partial charge in [0.15, 0.2) is 0 Å². The third-order valence-corrected chi connectivity index (χ3v) is 3.07. The van der Waals surface area contributed by atoms with Gasteiger partial charge in [-0.2, -0.15) is 5.10 Å². The zero-order chi connectivity index (χ0) is 13.8. The second kappa shape index (κ2) is 5.88. The average molecular weight is 282 g/mol. The molecule has 1 aromatic rings. The monoisotopic (exact) mass is 281 g/mol. The largest absolute Gasteiger partial charge is 0.477 e. The zero-order valence-corrected chi connectivity index (χ0v) is 11.4. The first-order valence-electron chi connectivity index (χ1n) is 6.11. The predicted molar refractivity (Wildman–Crippen MR) is 74.9 cm³/mol. The fourth-order valence-electron chi connectivity index (χ4n) is 1.93. The van der Waals surface area contributed by atoms with Crippen LogP contribution in [-0.2, 0) is 11.3 Å². The maximum atomic E-state index is 7.77. The van der Waals surface area contributed by atoms with Crippen LogP contribution in [0.25, 0.3) is 5.70 Å². The smallest absolute Gasteiger partial charge is 0.234 e. The van der Waals surface area contributed by atoms with Crippen molar-refractivity contribution in [1.29, 1.82) is 10.8 Å². The van der Waals surface area contributed by atoms with Gasteiger partial charge in [-0.3, -0.25) is 10.1 Å². The first-order valence-corrected chi connectivity index (χ1v) is 6.49. The minimum Gasteiger partial charge on any atom is -0.477 e. The van der Waals surface area contributed by atoms with Crippen LogP contribution in [0.2, 0.25) is 0 Å². The van der Waals surface area contributed by atoms with Gasteiger partial charge in [-0.1, -0.05) is 11.6 Å². The number of rotatable bonds is 3. The molecular formula is C12H16ClN5O. The second-order valence-corrected chi connectivity index (χ2v) is 4.45. The van der Waals surface area contributed by atoms with Crippen molar-refractivity contribution < 1.29 is 4.74 Å². The molecule has 19 heavy (non-hydrogen) atoms. The first kappa shape index (κ1) is 13.6. The van der Waals surface area contributed by atoms with Gasteiger partial charge in [0.05, 0.1) is 23.0 Å². The second-order valence-electron chi connectivity index (χ2n) is 4.05. The van der Waals surface area contributed by atoms with Crippen molar-refractivity contribution in [3.05, 3.63) is 22.5 Å². The summed E-state index contributed by atoms with van der Waals surface area (Å²) in [6.07, 6.45) is 2.00. The lowest BCUT2D eigenvalue weighted by Gasteiger charge is -2.07. The van der Waals surface area contributed by atoms with E-state index in [1.807, 2.05) is 6.92 Å². The summed E-state index contributed by atoms with van der Waals surface area (Å²) in [5, 5.41) is 22.9. The van der Waals surface area contributed by atoms with Crippen LogP contribution in [-0.4, -0.2) is 35.0 Å². The van der Waals surface area contributed by atoms with Crippen LogP contribution in [0.1, 0.15) is 24.7 Å². The lowest BCUT2D eigenvalue weighted by Crippen LogP contribution is -2.13. The molecule has 1 aliphatic rings. The standard InChI is InChI=1S/C12H16ClN5O/c1-2-19-12(15)9-6-10-11(8(13)7-14)16-4-3-5-18(10)17-9/h6-7,14-16H,2-5H2,1H3/b11-8+,14-7?,15-12?. The lowest BCUT2D eigenvalue weighted by molar-refractivity contribution is 0.324. The Morgan fingerprint density at radius 1 is 1.68 bits per heavy atom. The van der Waals surface area contributed by atoms with Gasteiger partial charge in [-0.25, -0.2) is 0 Å². The van der Waals surface area contributed by atoms with Crippen LogP contribution < -0.4 is 5.32 Å². The van der Waals surface area contributed by atoms with Crippen LogP contribution in [0.5, 0.6) is 0 Å². The SMILES string of the molecule is CCOC(=N)c1cc2n(n1)CCCN/C2=C(/Cl)C=N. The quantitative estimate of drug-likeness (QED) is 0.583. The molecule has 0 spiro atoms. The van der Waals surface area contributed by atoms with E-state index in [0.717, 1.165) is 31.4 Å². The van der Waals surface area contributed by atoms with Crippen LogP contribution in [0.15, 0.2) is 11.1 Å². The number of aromatic nitrogens is 2. The van der Waals surface area contributed by atoms with Gasteiger partial charge in [-0.05, 0) is 19.4 Å². The molecule has 1 aliphatic heterocycles. The molecule has 0 aliphatic carbocycles. The summed E-state index contributed by atoms with van der Waals surface area (Å²) >= 11 is 6.04. The number of allylic oxidation sites excluding steroid dienone is 1. The molecule has 0 amide bonds. The number of hydrogen-bond acceptors (Lipinski definition) is 5. The molecule has 2 rings (SSSR count). The van der Waals surface area contributed by atoms with Gasteiger partial charge in [-0.15, -0.1) is 0 Å². The van der Waals surface area contributed by atoms with E-state index in [4.69, 9.17) is 27.2 Å². The van der Waals surface area contributed by atoms with E-state index < -0.39 is 0 Å². The molecular weight excluding hydrogens is 266 g/mol. The third kappa shape index (κ3) is 2.78. The third-order valence-electron chi connectivity index (χ3n) is 2.77. The van der Waals surface area contributed by atoms with Crippen molar-refractivity contribution >= 4 is 29.4 Å². The lowest BCUT2D eigenvalue weighted by atomic mass is 10.2. The molecule has 0 saturated carbocycles. The Labute approximate surface area is 116 Å². The Bertz CT molecular complexity index is 534. The number of ether oxygens (including phenoxy) is 1. The maximum absolute atomic E-state index is 7.77. The molecule has 0 aromatic carbocycles. The topological polar surface area (TPSA) is 86.8 Å². The number of nitrogens with zero attached hydrogens (tertiary/aromatic N) is 2. The van der Waals surface area contributed by atoms with Crippen molar-refractivity contribution in [2.75, 3.05) is 13.2 Å². The van der Waals surface area contributed by atoms with Crippen LogP contribution in [0.3, 0.4) is 0 Å². The molecule has 0 bridgehead atoms. The fourth-order valence-corrected chi connectivity index (χ4v) is 2.09. The van der Waals surface area contributed by atoms with Crippen molar-refractivity contribution in [3.63, 3.8) is 0 Å². The van der Waals surface area contributed by atoms with Crippen molar-refractivity contribution in [2.45, 2.75) is 19.9 Å². The van der Waals surface area contributed by atoms with E-state index in [9.17, 15) is 0 Å². The normalized spacial score (nSPS) is 16.9. The summed E-state index contributed by atoms with van der Waals surface area (Å²) in [7, 11) is 0. The van der Waals surface area contributed by atoms with E-state index in [1.54, 1.807) is 10.7 Å². The molecule has 0 unspecified atom stereocenters. The Morgan fingerprint density at radius 3 is 3.16 bits per heavy atom. The minimum atomic E-state index is 0.0494. The Balaban J connectivity index is 2.43. The molecule has 0 fully saturated rings. The maximum Gasteiger partial charge on any atom is 0.234 e. The van der Waals surface area contributed by atoms with Crippen molar-refractivity contribution in [3.8, 4) is 0 Å². The molecule has 2 heterocycles. The highest BCUT2D eigenvalue weighted by Gasteiger charge is 2.19. The fraction of sp³-hybridized carbons (Fsp3) is 0.417. The van der Waals surface area contributed by atoms with Crippen LogP contribution in [0.4, 0.5) is 0 Å². The summed E-state index contributed by atoms with van der Waals surface area (Å²) in [4.78, 5) is 0. The van der Waals surface area contributed by atoms with Gasteiger partial charge < -0.3 is 15.5 Å². The van der Waals surface area contributed by atoms with Gasteiger partial charge in [0, 0.05) is 19.3 Å². The molecule has 0 atom stereocenters. The molecule has 0 saturated heterocycles. The average Bonchev–Trinajstić information content (AvgIpc) is 2.73. The molecule has 102 valence electrons. The molecule has 1 aromatic heterocycles. The number of nitrogens with one attached hydrogen (secondary N) is 3. The number of hydrogen-bond donors (Lipinski definition) is 3. The van der Waals surface area contributed by atoms with E-state index in [2.05, 4.69) is 10.4 Å². The predicted octanol–water partition coefficient (Wildman–Crippen LogP) is 1.80. The van der Waals surface area contributed by atoms with Crippen molar-refractivity contribution in [2.24, 2.45) is 0 Å². The summed E-state index contributed by atoms with van der Waals surface area (Å²) in [5.74, 6) is 0.0494. The van der Waals surface area contributed by atoms with Gasteiger partial charge in [0.2, 0.25) is 5.90 Å². The highest BCUT2D eigenvalue weighted by Crippen LogP contribution is 2.22. The highest BCUT2D eigenvalue weighted by molar-refractivity contribution is 6.42. The van der Waals surface area contributed by atoms with Crippen LogP contribution >= 0.6 is 11.6 Å². The highest BCUT2D eigenvalue weighted by atomic mass is 35.5. The van der Waals surface area contributed by atoms with Gasteiger partial charge >= 0.3 is 0 Å². The summed E-state index contributed by atoms with van der Waals surface area (Å²) in [6.45, 7) is 3.78. The Morgan fingerprint density at radius 2 is 2.47 bits per heavy atom. The molecule has 0 radical (unpaired) electrons. The Kier molecular flexibility index (Phi) is 4.21. The van der Waals surface area contributed by atoms with Crippen molar-refractivity contribution in [1.82, 2.24) is 15.1 Å². The van der Waals surface area contributed by atoms with E-state index >= 15 is 0 Å². The number of aryl methyl sites for hydroxylation is 1. The first-order chi connectivity index (χ1) is 9.17. The van der Waals surface area contributed by atoms with E-state index in [1.165, 1.54) is 0 Å².